The minimum atomic E-state index is -7.89. The first-order valence-corrected chi connectivity index (χ1v) is 9.26. The van der Waals surface area contributed by atoms with E-state index in [1.807, 2.05) is 0 Å². The van der Waals surface area contributed by atoms with Gasteiger partial charge in [-0.1, -0.05) is 17.7 Å². The Morgan fingerprint density at radius 1 is 0.719 bits per heavy atom. The van der Waals surface area contributed by atoms with Crippen LogP contribution < -0.4 is 0 Å². The molecule has 0 radical (unpaired) electrons. The van der Waals surface area contributed by atoms with E-state index in [2.05, 4.69) is 4.18 Å². The molecule has 0 aliphatic carbocycles. The maximum atomic E-state index is 13.7. The average Bonchev–Trinajstić information content (AvgIpc) is 2.66. The molecule has 0 spiro atoms. The number of aliphatic hydroxyl groups is 1. The first kappa shape index (κ1) is 28.3. The fourth-order valence-corrected chi connectivity index (χ4v) is 2.88. The number of rotatable bonds is 10. The average molecular weight is 516 g/mol. The van der Waals surface area contributed by atoms with E-state index in [4.69, 9.17) is 5.11 Å². The van der Waals surface area contributed by atoms with Crippen LogP contribution >= 0.6 is 0 Å². The Labute approximate surface area is 171 Å². The Hall–Kier alpha value is -1.75. The molecule has 0 heterocycles. The summed E-state index contributed by atoms with van der Waals surface area (Å²) < 4.78 is 187. The molecule has 1 N–H and O–H groups in total. The first-order valence-electron chi connectivity index (χ1n) is 7.86. The van der Waals surface area contributed by atoms with Crippen LogP contribution in [0.3, 0.4) is 0 Å². The lowest BCUT2D eigenvalue weighted by molar-refractivity contribution is -0.427. The molecule has 1 aromatic rings. The van der Waals surface area contributed by atoms with Crippen LogP contribution in [0.2, 0.25) is 0 Å². The molecule has 0 aliphatic heterocycles. The summed E-state index contributed by atoms with van der Waals surface area (Å²) in [6.07, 6.45) is 0. The van der Waals surface area contributed by atoms with E-state index in [0.29, 0.717) is 17.7 Å². The second-order valence-corrected chi connectivity index (χ2v) is 8.01. The van der Waals surface area contributed by atoms with E-state index < -0.39 is 63.8 Å². The van der Waals surface area contributed by atoms with Crippen molar-refractivity contribution in [1.29, 1.82) is 0 Å². The summed E-state index contributed by atoms with van der Waals surface area (Å²) in [4.78, 5) is -0.951. The van der Waals surface area contributed by atoms with Crippen molar-refractivity contribution in [3.8, 4) is 0 Å². The van der Waals surface area contributed by atoms with Crippen molar-refractivity contribution in [1.82, 2.24) is 0 Å². The molecule has 1 rings (SSSR count). The van der Waals surface area contributed by atoms with Gasteiger partial charge in [0.25, 0.3) is 10.1 Å². The predicted octanol–water partition coefficient (Wildman–Crippen LogP) is 4.50. The Morgan fingerprint density at radius 3 is 1.47 bits per heavy atom. The largest absolute Gasteiger partial charge is 0.390 e. The van der Waals surface area contributed by atoms with E-state index in [1.54, 1.807) is 0 Å². The van der Waals surface area contributed by atoms with Crippen molar-refractivity contribution in [2.24, 2.45) is 0 Å². The minimum Gasteiger partial charge on any atom is -0.390 e. The van der Waals surface area contributed by atoms with Crippen molar-refractivity contribution < 1.29 is 70.4 Å². The summed E-state index contributed by atoms with van der Waals surface area (Å²) in [7, 11) is -5.35. The van der Waals surface area contributed by atoms with Gasteiger partial charge in [-0.3, -0.25) is 4.18 Å². The zero-order valence-corrected chi connectivity index (χ0v) is 16.2. The molecular weight excluding hydrogens is 504 g/mol. The van der Waals surface area contributed by atoms with Crippen LogP contribution in [0, 0.1) is 6.92 Å². The summed E-state index contributed by atoms with van der Waals surface area (Å²) in [5, 5.41) is 7.99. The molecule has 0 amide bonds. The van der Waals surface area contributed by atoms with Crippen LogP contribution in [0.4, 0.5) is 52.7 Å². The van der Waals surface area contributed by atoms with Crippen molar-refractivity contribution >= 4 is 10.1 Å². The summed E-state index contributed by atoms with van der Waals surface area (Å²) in [5.41, 5.74) is 0.420. The zero-order valence-electron chi connectivity index (χ0n) is 15.3. The summed E-state index contributed by atoms with van der Waals surface area (Å²) in [6, 6.07) is 3.56. The molecule has 0 saturated carbocycles. The number of benzene rings is 1. The van der Waals surface area contributed by atoms with Gasteiger partial charge in [0.1, 0.15) is 13.2 Å². The van der Waals surface area contributed by atoms with Gasteiger partial charge >= 0.3 is 35.5 Å². The maximum Gasteiger partial charge on any atom is 0.384 e. The number of aryl methyl sites for hydroxylation is 1. The lowest BCUT2D eigenvalue weighted by atomic mass is 9.92. The van der Waals surface area contributed by atoms with Crippen LogP contribution in [0.25, 0.3) is 0 Å². The molecule has 32 heavy (non-hydrogen) atoms. The fraction of sp³-hybridized carbons (Fsp3) is 0.600. The van der Waals surface area contributed by atoms with Crippen molar-refractivity contribution in [3.63, 3.8) is 0 Å². The van der Waals surface area contributed by atoms with Gasteiger partial charge in [-0.05, 0) is 19.1 Å². The molecule has 17 heteroatoms. The number of hydrogen-bond donors (Lipinski definition) is 1. The third-order valence-electron chi connectivity index (χ3n) is 4.01. The standard InChI is InChI=1S/C15H12F12O4S/c1-8-2-4-9(5-3-8)32(29,30)31-7-11(18,19)13(22,23)15(26,27)14(24,25)12(20,21)10(16,17)6-28/h2-5,28H,6-7H2,1H3. The van der Waals surface area contributed by atoms with Gasteiger partial charge in [-0.15, -0.1) is 0 Å². The van der Waals surface area contributed by atoms with Gasteiger partial charge in [0.05, 0.1) is 4.90 Å². The molecule has 0 atom stereocenters. The topological polar surface area (TPSA) is 63.6 Å². The molecule has 1 aromatic carbocycles. The van der Waals surface area contributed by atoms with E-state index in [-0.39, 0.29) is 0 Å². The molecule has 4 nitrogen and oxygen atoms in total. The predicted molar refractivity (Wildman–Crippen MR) is 81.1 cm³/mol. The molecule has 0 fully saturated rings. The zero-order chi connectivity index (χ0) is 25.6. The number of aliphatic hydroxyl groups excluding tert-OH is 1. The van der Waals surface area contributed by atoms with Gasteiger partial charge in [0, 0.05) is 0 Å². The Balaban J connectivity index is 3.31. The maximum absolute atomic E-state index is 13.7. The second kappa shape index (κ2) is 8.23. The third kappa shape index (κ3) is 4.37. The van der Waals surface area contributed by atoms with Gasteiger partial charge in [0.2, 0.25) is 0 Å². The number of hydrogen-bond acceptors (Lipinski definition) is 4. The number of alkyl halides is 12. The second-order valence-electron chi connectivity index (χ2n) is 6.39. The minimum absolute atomic E-state index is 0.420. The molecule has 0 aromatic heterocycles. The highest BCUT2D eigenvalue weighted by molar-refractivity contribution is 7.86. The SMILES string of the molecule is Cc1ccc(S(=O)(=O)OCC(F)(F)C(F)(F)C(F)(F)C(F)(F)C(F)(F)C(F)(F)CO)cc1. The lowest BCUT2D eigenvalue weighted by Crippen LogP contribution is -2.71. The highest BCUT2D eigenvalue weighted by atomic mass is 32.2. The van der Waals surface area contributed by atoms with Gasteiger partial charge in [-0.25, -0.2) is 0 Å². The smallest absolute Gasteiger partial charge is 0.384 e. The molecule has 0 saturated heterocycles. The first-order chi connectivity index (χ1) is 14.0. The van der Waals surface area contributed by atoms with Gasteiger partial charge < -0.3 is 5.11 Å². The van der Waals surface area contributed by atoms with Crippen molar-refractivity contribution in [3.05, 3.63) is 29.8 Å². The summed E-state index contributed by atoms with van der Waals surface area (Å²) >= 11 is 0. The summed E-state index contributed by atoms with van der Waals surface area (Å²) in [5.74, 6) is -43.7. The van der Waals surface area contributed by atoms with Crippen LogP contribution in [-0.2, 0) is 14.3 Å². The fourth-order valence-electron chi connectivity index (χ4n) is 1.97. The van der Waals surface area contributed by atoms with Crippen LogP contribution in [0.15, 0.2) is 29.2 Å². The van der Waals surface area contributed by atoms with Gasteiger partial charge in [0.15, 0.2) is 0 Å². The normalized spacial score (nSPS) is 15.2. The monoisotopic (exact) mass is 516 g/mol. The molecular formula is C15H12F12O4S. The van der Waals surface area contributed by atoms with Crippen molar-refractivity contribution in [2.45, 2.75) is 47.4 Å². The van der Waals surface area contributed by atoms with E-state index >= 15 is 0 Å². The van der Waals surface area contributed by atoms with Crippen LogP contribution in [0.5, 0.6) is 0 Å². The molecule has 0 aliphatic rings. The molecule has 0 unspecified atom stereocenters. The van der Waals surface area contributed by atoms with E-state index in [9.17, 15) is 61.1 Å². The highest BCUT2D eigenvalue weighted by Crippen LogP contribution is 2.59. The van der Waals surface area contributed by atoms with Gasteiger partial charge in [-0.2, -0.15) is 61.1 Å². The Morgan fingerprint density at radius 2 is 1.09 bits per heavy atom. The van der Waals surface area contributed by atoms with Crippen LogP contribution in [0.1, 0.15) is 5.56 Å². The lowest BCUT2D eigenvalue weighted by Gasteiger charge is -2.40. The van der Waals surface area contributed by atoms with Crippen molar-refractivity contribution in [2.75, 3.05) is 13.2 Å². The Bertz CT molecular complexity index is 913. The van der Waals surface area contributed by atoms with Crippen LogP contribution in [-0.4, -0.2) is 62.3 Å². The number of halogens is 12. The third-order valence-corrected chi connectivity index (χ3v) is 5.28. The quantitative estimate of drug-likeness (QED) is 0.368. The van der Waals surface area contributed by atoms with E-state index in [1.165, 1.54) is 6.92 Å². The molecule has 0 bridgehead atoms. The summed E-state index contributed by atoms with van der Waals surface area (Å²) in [6.45, 7) is -5.04. The molecule has 186 valence electrons. The Kier molecular flexibility index (Phi) is 7.28. The van der Waals surface area contributed by atoms with E-state index in [0.717, 1.165) is 12.1 Å². The highest BCUT2D eigenvalue weighted by Gasteiger charge is 2.90.